The molecule has 0 saturated carbocycles. The molecule has 2 nitrogen and oxygen atoms in total. The number of benzene rings is 1. The molecule has 5 heteroatoms. The van der Waals surface area contributed by atoms with Crippen LogP contribution < -0.4 is 5.32 Å². The summed E-state index contributed by atoms with van der Waals surface area (Å²) in [6.45, 7) is 0. The van der Waals surface area contributed by atoms with Gasteiger partial charge in [0.15, 0.2) is 0 Å². The Bertz CT molecular complexity index is 601. The average molecular weight is 294 g/mol. The zero-order valence-corrected chi connectivity index (χ0v) is 12.1. The molecule has 3 rings (SSSR count). The summed E-state index contributed by atoms with van der Waals surface area (Å²) < 4.78 is 27.3. The number of rotatable bonds is 3. The lowest BCUT2D eigenvalue weighted by Gasteiger charge is -2.14. The van der Waals surface area contributed by atoms with Gasteiger partial charge in [-0.25, -0.2) is 13.8 Å². The molecule has 0 bridgehead atoms. The van der Waals surface area contributed by atoms with Crippen LogP contribution in [0.25, 0.3) is 0 Å². The van der Waals surface area contributed by atoms with Gasteiger partial charge in [0.25, 0.3) is 0 Å². The van der Waals surface area contributed by atoms with E-state index in [2.05, 4.69) is 10.3 Å². The predicted molar refractivity (Wildman–Crippen MR) is 76.0 cm³/mol. The van der Waals surface area contributed by atoms with Gasteiger partial charge in [0.05, 0.1) is 11.7 Å². The first-order valence-electron chi connectivity index (χ1n) is 6.79. The van der Waals surface area contributed by atoms with Crippen molar-refractivity contribution in [1.29, 1.82) is 0 Å². The number of nitrogens with one attached hydrogen (secondary N) is 1. The van der Waals surface area contributed by atoms with Crippen LogP contribution in [-0.4, -0.2) is 12.0 Å². The molecule has 1 N–H and O–H groups in total. The molecule has 2 aromatic rings. The normalized spacial score (nSPS) is 15.9. The molecule has 0 aliphatic heterocycles. The minimum atomic E-state index is -0.428. The number of fused-ring (bicyclic) bond motifs is 1. The first-order chi connectivity index (χ1) is 9.69. The number of aromatic nitrogens is 1. The molecule has 0 fully saturated rings. The van der Waals surface area contributed by atoms with Crippen molar-refractivity contribution in [3.05, 3.63) is 51.0 Å². The van der Waals surface area contributed by atoms with Crippen molar-refractivity contribution in [2.75, 3.05) is 7.05 Å². The molecule has 1 atom stereocenters. The Morgan fingerprint density at radius 1 is 1.25 bits per heavy atom. The molecule has 1 aliphatic carbocycles. The van der Waals surface area contributed by atoms with E-state index in [1.807, 2.05) is 0 Å². The lowest BCUT2D eigenvalue weighted by molar-refractivity contribution is 0.556. The van der Waals surface area contributed by atoms with E-state index in [0.29, 0.717) is 5.56 Å². The largest absolute Gasteiger partial charge is 0.307 e. The number of hydrogen-bond donors (Lipinski definition) is 1. The maximum atomic E-state index is 13.9. The summed E-state index contributed by atoms with van der Waals surface area (Å²) in [5.41, 5.74) is 1.45. The van der Waals surface area contributed by atoms with Crippen molar-refractivity contribution in [2.24, 2.45) is 0 Å². The summed E-state index contributed by atoms with van der Waals surface area (Å²) in [6, 6.07) is 3.17. The van der Waals surface area contributed by atoms with Crippen LogP contribution in [0.5, 0.6) is 0 Å². The van der Waals surface area contributed by atoms with Gasteiger partial charge in [-0.3, -0.25) is 0 Å². The van der Waals surface area contributed by atoms with Gasteiger partial charge in [0.1, 0.15) is 16.6 Å². The Morgan fingerprint density at radius 2 is 2.05 bits per heavy atom. The Kier molecular flexibility index (Phi) is 3.81. The molecule has 20 heavy (non-hydrogen) atoms. The molecule has 1 aliphatic rings. The summed E-state index contributed by atoms with van der Waals surface area (Å²) >= 11 is 1.61. The van der Waals surface area contributed by atoms with Crippen LogP contribution in [-0.2, 0) is 12.8 Å². The molecular weight excluding hydrogens is 278 g/mol. The van der Waals surface area contributed by atoms with Crippen LogP contribution in [0, 0.1) is 11.6 Å². The van der Waals surface area contributed by atoms with Crippen LogP contribution in [0.15, 0.2) is 18.2 Å². The van der Waals surface area contributed by atoms with Gasteiger partial charge >= 0.3 is 0 Å². The fourth-order valence-corrected chi connectivity index (χ4v) is 3.93. The topological polar surface area (TPSA) is 24.9 Å². The number of aryl methyl sites for hydroxylation is 2. The second-order valence-corrected chi connectivity index (χ2v) is 6.13. The van der Waals surface area contributed by atoms with E-state index < -0.39 is 11.6 Å². The standard InChI is InChI=1S/C15H16F2N2S/c1-18-14(10-8-9(16)6-7-11(10)17)15-19-12-4-2-3-5-13(12)20-15/h6-8,14,18H,2-5H2,1H3. The van der Waals surface area contributed by atoms with Gasteiger partial charge in [0, 0.05) is 10.4 Å². The maximum Gasteiger partial charge on any atom is 0.128 e. The Balaban J connectivity index is 2.01. The fourth-order valence-electron chi connectivity index (χ4n) is 2.64. The fraction of sp³-hybridized carbons (Fsp3) is 0.400. The van der Waals surface area contributed by atoms with Gasteiger partial charge < -0.3 is 5.32 Å². The lowest BCUT2D eigenvalue weighted by atomic mass is 10.0. The second-order valence-electron chi connectivity index (χ2n) is 5.02. The summed E-state index contributed by atoms with van der Waals surface area (Å²) in [7, 11) is 1.75. The molecular formula is C15H16F2N2S. The van der Waals surface area contributed by atoms with Crippen molar-refractivity contribution in [2.45, 2.75) is 31.7 Å². The zero-order valence-electron chi connectivity index (χ0n) is 11.2. The van der Waals surface area contributed by atoms with Gasteiger partial charge in [-0.05, 0) is 50.9 Å². The number of thiazole rings is 1. The monoisotopic (exact) mass is 294 g/mol. The van der Waals surface area contributed by atoms with E-state index in [0.717, 1.165) is 36.0 Å². The number of nitrogens with zero attached hydrogens (tertiary/aromatic N) is 1. The highest BCUT2D eigenvalue weighted by Crippen LogP contribution is 2.33. The van der Waals surface area contributed by atoms with E-state index in [4.69, 9.17) is 0 Å². The number of halogens is 2. The van der Waals surface area contributed by atoms with Crippen molar-refractivity contribution in [1.82, 2.24) is 10.3 Å². The highest BCUT2D eigenvalue weighted by Gasteiger charge is 2.23. The van der Waals surface area contributed by atoms with E-state index >= 15 is 0 Å². The Labute approximate surface area is 120 Å². The van der Waals surface area contributed by atoms with Crippen LogP contribution in [0.1, 0.15) is 40.0 Å². The minimum Gasteiger partial charge on any atom is -0.307 e. The summed E-state index contributed by atoms with van der Waals surface area (Å²) in [5, 5.41) is 3.88. The summed E-state index contributed by atoms with van der Waals surface area (Å²) in [6.07, 6.45) is 4.39. The van der Waals surface area contributed by atoms with Crippen molar-refractivity contribution in [3.8, 4) is 0 Å². The molecule has 1 aromatic carbocycles. The van der Waals surface area contributed by atoms with Crippen LogP contribution >= 0.6 is 11.3 Å². The third-order valence-corrected chi connectivity index (χ3v) is 4.89. The Hall–Kier alpha value is -1.33. The summed E-state index contributed by atoms with van der Waals surface area (Å²) in [5.74, 6) is -0.832. The predicted octanol–water partition coefficient (Wildman–Crippen LogP) is 3.61. The van der Waals surface area contributed by atoms with E-state index in [-0.39, 0.29) is 6.04 Å². The molecule has 0 amide bonds. The molecule has 0 saturated heterocycles. The lowest BCUT2D eigenvalue weighted by Crippen LogP contribution is -2.19. The van der Waals surface area contributed by atoms with Crippen LogP contribution in [0.2, 0.25) is 0 Å². The molecule has 0 radical (unpaired) electrons. The molecule has 1 unspecified atom stereocenters. The van der Waals surface area contributed by atoms with E-state index in [1.165, 1.54) is 23.4 Å². The Morgan fingerprint density at radius 3 is 2.80 bits per heavy atom. The SMILES string of the molecule is CNC(c1nc2c(s1)CCCC2)c1cc(F)ccc1F. The minimum absolute atomic E-state index is 0.318. The number of hydrogen-bond acceptors (Lipinski definition) is 3. The highest BCUT2D eigenvalue weighted by atomic mass is 32.1. The zero-order chi connectivity index (χ0) is 14.1. The third kappa shape index (κ3) is 2.47. The van der Waals surface area contributed by atoms with Crippen molar-refractivity contribution < 1.29 is 8.78 Å². The smallest absolute Gasteiger partial charge is 0.128 e. The van der Waals surface area contributed by atoms with E-state index in [9.17, 15) is 8.78 Å². The van der Waals surface area contributed by atoms with Crippen molar-refractivity contribution >= 4 is 11.3 Å². The van der Waals surface area contributed by atoms with Crippen LogP contribution in [0.4, 0.5) is 8.78 Å². The highest BCUT2D eigenvalue weighted by molar-refractivity contribution is 7.11. The van der Waals surface area contributed by atoms with Gasteiger partial charge in [-0.1, -0.05) is 0 Å². The first kappa shape index (κ1) is 13.6. The molecule has 1 aromatic heterocycles. The van der Waals surface area contributed by atoms with Gasteiger partial charge in [-0.15, -0.1) is 11.3 Å². The molecule has 0 spiro atoms. The molecule has 1 heterocycles. The van der Waals surface area contributed by atoms with Gasteiger partial charge in [-0.2, -0.15) is 0 Å². The van der Waals surface area contributed by atoms with Gasteiger partial charge in [0.2, 0.25) is 0 Å². The van der Waals surface area contributed by atoms with Crippen LogP contribution in [0.3, 0.4) is 0 Å². The molecule has 106 valence electrons. The van der Waals surface area contributed by atoms with Crippen molar-refractivity contribution in [3.63, 3.8) is 0 Å². The second kappa shape index (κ2) is 5.58. The quantitative estimate of drug-likeness (QED) is 0.935. The summed E-state index contributed by atoms with van der Waals surface area (Å²) in [4.78, 5) is 5.93. The average Bonchev–Trinajstić information content (AvgIpc) is 2.87. The maximum absolute atomic E-state index is 13.9. The first-order valence-corrected chi connectivity index (χ1v) is 7.61. The third-order valence-electron chi connectivity index (χ3n) is 3.67. The van der Waals surface area contributed by atoms with E-state index in [1.54, 1.807) is 18.4 Å².